The molecule has 1 fully saturated rings. The molecule has 2 aliphatic heterocycles. The molecule has 0 bridgehead atoms. The first kappa shape index (κ1) is 25.7. The predicted octanol–water partition coefficient (Wildman–Crippen LogP) is 3.62. The number of nitrogens with one attached hydrogen (secondary N) is 1. The zero-order valence-electron chi connectivity index (χ0n) is 20.8. The number of hydrogen-bond donors (Lipinski definition) is 1. The minimum absolute atomic E-state index is 0.00836. The van der Waals surface area contributed by atoms with Crippen molar-refractivity contribution in [2.24, 2.45) is 0 Å². The summed E-state index contributed by atoms with van der Waals surface area (Å²) in [5.41, 5.74) is 3.35. The topological polar surface area (TPSA) is 82.2 Å². The van der Waals surface area contributed by atoms with Gasteiger partial charge in [0.15, 0.2) is 0 Å². The van der Waals surface area contributed by atoms with Crippen LogP contribution in [0.1, 0.15) is 34.5 Å². The molecule has 0 aromatic heterocycles. The Morgan fingerprint density at radius 3 is 2.36 bits per heavy atom. The quantitative estimate of drug-likeness (QED) is 0.600. The van der Waals surface area contributed by atoms with Crippen LogP contribution in [0, 0.1) is 6.92 Å². The van der Waals surface area contributed by atoms with Gasteiger partial charge in [-0.1, -0.05) is 47.5 Å². The maximum Gasteiger partial charge on any atom is 0.338 e. The number of carbonyl (C=O) groups is 3. The summed E-state index contributed by atoms with van der Waals surface area (Å²) in [4.78, 5) is 44.4. The van der Waals surface area contributed by atoms with E-state index in [1.165, 1.54) is 4.90 Å². The van der Waals surface area contributed by atoms with Crippen LogP contribution < -0.4 is 5.32 Å². The summed E-state index contributed by atoms with van der Waals surface area (Å²) in [6, 6.07) is 13.7. The smallest absolute Gasteiger partial charge is 0.338 e. The average molecular weight is 511 g/mol. The maximum atomic E-state index is 13.1. The normalized spacial score (nSPS) is 18.8. The largest absolute Gasteiger partial charge is 0.463 e. The van der Waals surface area contributed by atoms with Crippen LogP contribution in [0.4, 0.5) is 4.79 Å². The van der Waals surface area contributed by atoms with E-state index in [0.717, 1.165) is 5.56 Å². The van der Waals surface area contributed by atoms with Crippen molar-refractivity contribution < 1.29 is 19.1 Å². The Balaban J connectivity index is 1.57. The molecule has 1 atom stereocenters. The number of halogens is 1. The lowest BCUT2D eigenvalue weighted by Gasteiger charge is -2.39. The van der Waals surface area contributed by atoms with Crippen LogP contribution in [0.5, 0.6) is 0 Å². The summed E-state index contributed by atoms with van der Waals surface area (Å²) in [6.07, 6.45) is 0. The standard InChI is InChI=1S/C27H31ClN4O4/c1-4-36-26(34)23-22(30(3)27(35)29-24(23)20-7-5-6-8-21(20)28)17-31-13-15-32(16-14-31)25(33)19-11-9-18(2)10-12-19/h5-12,24H,4,13-17H2,1-3H3,(H,29,35)/t24-/m0/s1. The number of piperazine rings is 1. The third-order valence-corrected chi connectivity index (χ3v) is 6.96. The first-order valence-corrected chi connectivity index (χ1v) is 12.4. The highest BCUT2D eigenvalue weighted by atomic mass is 35.5. The molecule has 0 aliphatic carbocycles. The van der Waals surface area contributed by atoms with Crippen molar-refractivity contribution in [2.75, 3.05) is 46.4 Å². The van der Waals surface area contributed by atoms with Crippen LogP contribution in [0.3, 0.4) is 0 Å². The number of aryl methyl sites for hydroxylation is 1. The van der Waals surface area contributed by atoms with Crippen molar-refractivity contribution in [2.45, 2.75) is 19.9 Å². The SMILES string of the molecule is CCOC(=O)C1=C(CN2CCN(C(=O)c3ccc(C)cc3)CC2)N(C)C(=O)N[C@H]1c1ccccc1Cl. The van der Waals surface area contributed by atoms with Crippen molar-refractivity contribution in [3.63, 3.8) is 0 Å². The second-order valence-corrected chi connectivity index (χ2v) is 9.39. The Hall–Kier alpha value is -3.36. The van der Waals surface area contributed by atoms with Gasteiger partial charge in [-0.3, -0.25) is 14.6 Å². The van der Waals surface area contributed by atoms with Crippen LogP contribution in [0.2, 0.25) is 5.02 Å². The number of benzene rings is 2. The van der Waals surface area contributed by atoms with Gasteiger partial charge in [0.1, 0.15) is 0 Å². The fourth-order valence-corrected chi connectivity index (χ4v) is 4.78. The van der Waals surface area contributed by atoms with Gasteiger partial charge in [-0.05, 0) is 37.6 Å². The number of hydrogen-bond acceptors (Lipinski definition) is 5. The number of nitrogens with zero attached hydrogens (tertiary/aromatic N) is 3. The van der Waals surface area contributed by atoms with Crippen molar-refractivity contribution >= 4 is 29.5 Å². The molecule has 8 nitrogen and oxygen atoms in total. The highest BCUT2D eigenvalue weighted by molar-refractivity contribution is 6.31. The van der Waals surface area contributed by atoms with E-state index in [2.05, 4.69) is 10.2 Å². The minimum atomic E-state index is -0.721. The number of likely N-dealkylation sites (N-methyl/N-ethyl adjacent to an activating group) is 1. The van der Waals surface area contributed by atoms with E-state index in [1.54, 1.807) is 32.2 Å². The van der Waals surface area contributed by atoms with Gasteiger partial charge in [-0.25, -0.2) is 9.59 Å². The van der Waals surface area contributed by atoms with Crippen LogP contribution in [-0.2, 0) is 9.53 Å². The van der Waals surface area contributed by atoms with E-state index >= 15 is 0 Å². The predicted molar refractivity (Wildman–Crippen MR) is 138 cm³/mol. The van der Waals surface area contributed by atoms with Gasteiger partial charge in [0.05, 0.1) is 18.2 Å². The molecule has 0 saturated carbocycles. The summed E-state index contributed by atoms with van der Waals surface area (Å²) in [5, 5.41) is 3.35. The third kappa shape index (κ3) is 5.39. The number of rotatable bonds is 6. The van der Waals surface area contributed by atoms with Gasteiger partial charge >= 0.3 is 12.0 Å². The molecular formula is C27H31ClN4O4. The zero-order chi connectivity index (χ0) is 25.8. The van der Waals surface area contributed by atoms with Crippen molar-refractivity contribution in [1.82, 2.24) is 20.0 Å². The second kappa shape index (κ2) is 11.1. The van der Waals surface area contributed by atoms with E-state index < -0.39 is 12.0 Å². The van der Waals surface area contributed by atoms with E-state index in [4.69, 9.17) is 16.3 Å². The number of urea groups is 1. The van der Waals surface area contributed by atoms with Crippen molar-refractivity contribution in [3.05, 3.63) is 81.5 Å². The summed E-state index contributed by atoms with van der Waals surface area (Å²) >= 11 is 6.45. The van der Waals surface area contributed by atoms with Crippen LogP contribution >= 0.6 is 11.6 Å². The number of amides is 3. The van der Waals surface area contributed by atoms with Gasteiger partial charge < -0.3 is 15.0 Å². The van der Waals surface area contributed by atoms with E-state index in [9.17, 15) is 14.4 Å². The van der Waals surface area contributed by atoms with Gasteiger partial charge in [0, 0.05) is 56.1 Å². The maximum absolute atomic E-state index is 13.1. The molecule has 2 aromatic rings. The number of carbonyl (C=O) groups excluding carboxylic acids is 3. The molecule has 0 unspecified atom stereocenters. The van der Waals surface area contributed by atoms with E-state index in [0.29, 0.717) is 60.1 Å². The fraction of sp³-hybridized carbons (Fsp3) is 0.370. The van der Waals surface area contributed by atoms with E-state index in [-0.39, 0.29) is 18.5 Å². The van der Waals surface area contributed by atoms with Crippen molar-refractivity contribution in [1.29, 1.82) is 0 Å². The molecule has 2 heterocycles. The highest BCUT2D eigenvalue weighted by Crippen LogP contribution is 2.34. The third-order valence-electron chi connectivity index (χ3n) is 6.62. The molecule has 0 radical (unpaired) electrons. The van der Waals surface area contributed by atoms with Gasteiger partial charge in [0.25, 0.3) is 5.91 Å². The summed E-state index contributed by atoms with van der Waals surface area (Å²) < 4.78 is 5.39. The molecule has 2 aromatic carbocycles. The number of esters is 1. The minimum Gasteiger partial charge on any atom is -0.463 e. The Morgan fingerprint density at radius 1 is 1.06 bits per heavy atom. The molecule has 9 heteroatoms. The first-order valence-electron chi connectivity index (χ1n) is 12.1. The summed E-state index contributed by atoms with van der Waals surface area (Å²) in [7, 11) is 1.64. The summed E-state index contributed by atoms with van der Waals surface area (Å²) in [6.45, 7) is 6.65. The molecule has 3 amide bonds. The Morgan fingerprint density at radius 2 is 1.72 bits per heavy atom. The van der Waals surface area contributed by atoms with Crippen LogP contribution in [0.15, 0.2) is 59.8 Å². The molecule has 0 spiro atoms. The number of ether oxygens (including phenoxy) is 1. The fourth-order valence-electron chi connectivity index (χ4n) is 4.54. The first-order chi connectivity index (χ1) is 17.3. The zero-order valence-corrected chi connectivity index (χ0v) is 21.5. The van der Waals surface area contributed by atoms with Crippen LogP contribution in [0.25, 0.3) is 0 Å². The van der Waals surface area contributed by atoms with E-state index in [1.807, 2.05) is 42.2 Å². The molecule has 1 N–H and O–H groups in total. The van der Waals surface area contributed by atoms with Gasteiger partial charge in [-0.2, -0.15) is 0 Å². The lowest BCUT2D eigenvalue weighted by molar-refractivity contribution is -0.139. The lowest BCUT2D eigenvalue weighted by atomic mass is 9.94. The Labute approximate surface area is 216 Å². The molecule has 4 rings (SSSR count). The average Bonchev–Trinajstić information content (AvgIpc) is 2.87. The van der Waals surface area contributed by atoms with Crippen molar-refractivity contribution in [3.8, 4) is 0 Å². The molecular weight excluding hydrogens is 480 g/mol. The Bertz CT molecular complexity index is 1170. The van der Waals surface area contributed by atoms with Gasteiger partial charge in [-0.15, -0.1) is 0 Å². The molecule has 2 aliphatic rings. The van der Waals surface area contributed by atoms with Gasteiger partial charge in [0.2, 0.25) is 0 Å². The van der Waals surface area contributed by atoms with Crippen LogP contribution in [-0.4, -0.2) is 79.0 Å². The monoisotopic (exact) mass is 510 g/mol. The molecule has 190 valence electrons. The Kier molecular flexibility index (Phi) is 7.96. The highest BCUT2D eigenvalue weighted by Gasteiger charge is 2.38. The lowest BCUT2D eigenvalue weighted by Crippen LogP contribution is -2.53. The summed E-state index contributed by atoms with van der Waals surface area (Å²) in [5.74, 6) is -0.480. The second-order valence-electron chi connectivity index (χ2n) is 8.98. The molecule has 36 heavy (non-hydrogen) atoms. The molecule has 1 saturated heterocycles.